The molecule has 0 aromatic carbocycles. The van der Waals surface area contributed by atoms with Gasteiger partial charge in [-0.3, -0.25) is 4.79 Å². The third-order valence-corrected chi connectivity index (χ3v) is 2.26. The van der Waals surface area contributed by atoms with E-state index >= 15 is 0 Å². The average molecular weight is 169 g/mol. The molecule has 2 N–H and O–H groups in total. The van der Waals surface area contributed by atoms with Gasteiger partial charge in [-0.15, -0.1) is 6.58 Å². The third kappa shape index (κ3) is 2.34. The van der Waals surface area contributed by atoms with Gasteiger partial charge in [0.05, 0.1) is 0 Å². The van der Waals surface area contributed by atoms with E-state index in [0.717, 1.165) is 25.7 Å². The highest BCUT2D eigenvalue weighted by atomic mass is 16.4. The lowest BCUT2D eigenvalue weighted by Crippen LogP contribution is -2.35. The quantitative estimate of drug-likeness (QED) is 0.621. The van der Waals surface area contributed by atoms with Gasteiger partial charge in [0.1, 0.15) is 6.04 Å². The molecule has 1 heterocycles. The van der Waals surface area contributed by atoms with Gasteiger partial charge in [-0.25, -0.2) is 0 Å². The van der Waals surface area contributed by atoms with Crippen molar-refractivity contribution in [3.8, 4) is 0 Å². The first-order valence-corrected chi connectivity index (χ1v) is 4.33. The molecule has 3 heteroatoms. The molecule has 0 aliphatic carbocycles. The molecule has 0 aromatic rings. The minimum atomic E-state index is -0.726. The van der Waals surface area contributed by atoms with Gasteiger partial charge < -0.3 is 10.4 Å². The van der Waals surface area contributed by atoms with Crippen molar-refractivity contribution in [2.24, 2.45) is 0 Å². The highest BCUT2D eigenvalue weighted by Gasteiger charge is 2.27. The Balaban J connectivity index is 2.25. The molecule has 12 heavy (non-hydrogen) atoms. The summed E-state index contributed by atoms with van der Waals surface area (Å²) >= 11 is 0. The van der Waals surface area contributed by atoms with Crippen molar-refractivity contribution in [3.63, 3.8) is 0 Å². The van der Waals surface area contributed by atoms with Gasteiger partial charge in [0.2, 0.25) is 0 Å². The van der Waals surface area contributed by atoms with E-state index in [-0.39, 0.29) is 6.04 Å². The first-order valence-electron chi connectivity index (χ1n) is 4.33. The second kappa shape index (κ2) is 4.26. The van der Waals surface area contributed by atoms with Crippen LogP contribution in [0.5, 0.6) is 0 Å². The molecule has 68 valence electrons. The first kappa shape index (κ1) is 9.26. The second-order valence-corrected chi connectivity index (χ2v) is 3.20. The molecule has 1 saturated heterocycles. The van der Waals surface area contributed by atoms with Gasteiger partial charge in [-0.2, -0.15) is 0 Å². The SMILES string of the molecule is C=CCCC1CCC(C(=O)O)N1. The molecule has 0 radical (unpaired) electrons. The largest absolute Gasteiger partial charge is 0.480 e. The molecule has 2 atom stereocenters. The summed E-state index contributed by atoms with van der Waals surface area (Å²) in [4.78, 5) is 10.5. The number of aliphatic carboxylic acids is 1. The monoisotopic (exact) mass is 169 g/mol. The molecule has 0 spiro atoms. The number of carbonyl (C=O) groups is 1. The van der Waals surface area contributed by atoms with Crippen molar-refractivity contribution in [3.05, 3.63) is 12.7 Å². The van der Waals surface area contributed by atoms with Gasteiger partial charge in [0, 0.05) is 6.04 Å². The van der Waals surface area contributed by atoms with Crippen molar-refractivity contribution >= 4 is 5.97 Å². The lowest BCUT2D eigenvalue weighted by Gasteiger charge is -2.09. The summed E-state index contributed by atoms with van der Waals surface area (Å²) < 4.78 is 0. The summed E-state index contributed by atoms with van der Waals surface area (Å²) in [5.41, 5.74) is 0. The number of hydrogen-bond acceptors (Lipinski definition) is 2. The van der Waals surface area contributed by atoms with Crippen molar-refractivity contribution in [1.82, 2.24) is 5.32 Å². The van der Waals surface area contributed by atoms with Crippen molar-refractivity contribution < 1.29 is 9.90 Å². The molecule has 2 unspecified atom stereocenters. The minimum Gasteiger partial charge on any atom is -0.480 e. The Morgan fingerprint density at radius 1 is 1.67 bits per heavy atom. The second-order valence-electron chi connectivity index (χ2n) is 3.20. The highest BCUT2D eigenvalue weighted by Crippen LogP contribution is 2.16. The fraction of sp³-hybridized carbons (Fsp3) is 0.667. The van der Waals surface area contributed by atoms with E-state index in [0.29, 0.717) is 6.04 Å². The van der Waals surface area contributed by atoms with E-state index in [4.69, 9.17) is 5.11 Å². The standard InChI is InChI=1S/C9H15NO2/c1-2-3-4-7-5-6-8(10-7)9(11)12/h2,7-8,10H,1,3-6H2,(H,11,12). The molecule has 0 aromatic heterocycles. The summed E-state index contributed by atoms with van der Waals surface area (Å²) in [6.07, 6.45) is 5.58. The molecule has 0 amide bonds. The van der Waals surface area contributed by atoms with Crippen LogP contribution in [0.15, 0.2) is 12.7 Å². The zero-order chi connectivity index (χ0) is 8.97. The predicted octanol–water partition coefficient (Wildman–Crippen LogP) is 1.16. The van der Waals surface area contributed by atoms with Crippen molar-refractivity contribution in [2.75, 3.05) is 0 Å². The van der Waals surface area contributed by atoms with Crippen LogP contribution in [0.1, 0.15) is 25.7 Å². The number of carboxylic acids is 1. The van der Waals surface area contributed by atoms with Gasteiger partial charge in [-0.05, 0) is 25.7 Å². The molecular formula is C9H15NO2. The summed E-state index contributed by atoms with van der Waals surface area (Å²) in [5, 5.41) is 11.8. The van der Waals surface area contributed by atoms with E-state index in [9.17, 15) is 4.79 Å². The fourth-order valence-corrected chi connectivity index (χ4v) is 1.56. The smallest absolute Gasteiger partial charge is 0.320 e. The summed E-state index contributed by atoms with van der Waals surface area (Å²) in [6, 6.07) is 0.0592. The Kier molecular flexibility index (Phi) is 3.29. The topological polar surface area (TPSA) is 49.3 Å². The highest BCUT2D eigenvalue weighted by molar-refractivity contribution is 5.73. The van der Waals surface area contributed by atoms with Crippen LogP contribution >= 0.6 is 0 Å². The zero-order valence-corrected chi connectivity index (χ0v) is 7.12. The Morgan fingerprint density at radius 3 is 2.92 bits per heavy atom. The van der Waals surface area contributed by atoms with Gasteiger partial charge in [-0.1, -0.05) is 6.08 Å². The maximum absolute atomic E-state index is 10.5. The molecule has 0 saturated carbocycles. The number of carboxylic acid groups (broad SMARTS) is 1. The lowest BCUT2D eigenvalue weighted by molar-refractivity contribution is -0.139. The van der Waals surface area contributed by atoms with E-state index in [1.165, 1.54) is 0 Å². The van der Waals surface area contributed by atoms with E-state index in [1.54, 1.807) is 0 Å². The maximum atomic E-state index is 10.5. The average Bonchev–Trinajstić information content (AvgIpc) is 2.48. The molecule has 1 aliphatic heterocycles. The number of rotatable bonds is 4. The van der Waals surface area contributed by atoms with Crippen LogP contribution in [-0.4, -0.2) is 23.2 Å². The number of hydrogen-bond donors (Lipinski definition) is 2. The fourth-order valence-electron chi connectivity index (χ4n) is 1.56. The third-order valence-electron chi connectivity index (χ3n) is 2.26. The van der Waals surface area contributed by atoms with E-state index in [2.05, 4.69) is 11.9 Å². The van der Waals surface area contributed by atoms with Gasteiger partial charge in [0.25, 0.3) is 0 Å². The van der Waals surface area contributed by atoms with Crippen LogP contribution in [0.3, 0.4) is 0 Å². The van der Waals surface area contributed by atoms with Gasteiger partial charge in [0.15, 0.2) is 0 Å². The van der Waals surface area contributed by atoms with E-state index in [1.807, 2.05) is 6.08 Å². The molecule has 3 nitrogen and oxygen atoms in total. The molecule has 1 rings (SSSR count). The van der Waals surface area contributed by atoms with Crippen molar-refractivity contribution in [1.29, 1.82) is 0 Å². The number of nitrogens with one attached hydrogen (secondary N) is 1. The normalized spacial score (nSPS) is 28.7. The van der Waals surface area contributed by atoms with Crippen LogP contribution < -0.4 is 5.32 Å². The summed E-state index contributed by atoms with van der Waals surface area (Å²) in [7, 11) is 0. The van der Waals surface area contributed by atoms with Crippen LogP contribution in [0.4, 0.5) is 0 Å². The number of allylic oxidation sites excluding steroid dienone is 1. The van der Waals surface area contributed by atoms with E-state index < -0.39 is 5.97 Å². The minimum absolute atomic E-state index is 0.320. The Morgan fingerprint density at radius 2 is 2.42 bits per heavy atom. The lowest BCUT2D eigenvalue weighted by atomic mass is 10.1. The summed E-state index contributed by atoms with van der Waals surface area (Å²) in [6.45, 7) is 3.63. The zero-order valence-electron chi connectivity index (χ0n) is 7.12. The molecule has 0 bridgehead atoms. The first-order chi connectivity index (χ1) is 5.74. The molecular weight excluding hydrogens is 154 g/mol. The van der Waals surface area contributed by atoms with Crippen LogP contribution in [-0.2, 0) is 4.79 Å². The predicted molar refractivity (Wildman–Crippen MR) is 47.0 cm³/mol. The Hall–Kier alpha value is -0.830. The maximum Gasteiger partial charge on any atom is 0.320 e. The van der Waals surface area contributed by atoms with Gasteiger partial charge >= 0.3 is 5.97 Å². The van der Waals surface area contributed by atoms with Crippen molar-refractivity contribution in [2.45, 2.75) is 37.8 Å². The Bertz CT molecular complexity index is 179. The molecule has 1 aliphatic rings. The van der Waals surface area contributed by atoms with Crippen LogP contribution in [0, 0.1) is 0 Å². The Labute approximate surface area is 72.5 Å². The molecule has 1 fully saturated rings. The summed E-state index contributed by atoms with van der Waals surface area (Å²) in [5.74, 6) is -0.726. The van der Waals surface area contributed by atoms with Crippen LogP contribution in [0.25, 0.3) is 0 Å². The van der Waals surface area contributed by atoms with Crippen LogP contribution in [0.2, 0.25) is 0 Å².